The van der Waals surface area contributed by atoms with Crippen LogP contribution in [0.5, 0.6) is 0 Å². The first kappa shape index (κ1) is 17.2. The number of aromatic nitrogens is 2. The molecule has 0 bridgehead atoms. The third-order valence-electron chi connectivity index (χ3n) is 1.40. The number of sulfonamides is 1. The van der Waals surface area contributed by atoms with Crippen LogP contribution in [0.3, 0.4) is 0 Å². The summed E-state index contributed by atoms with van der Waals surface area (Å²) in [5.41, 5.74) is 0. The van der Waals surface area contributed by atoms with Crippen LogP contribution in [-0.2, 0) is 42.7 Å². The van der Waals surface area contributed by atoms with Gasteiger partial charge in [-0.2, -0.15) is 12.1 Å². The molecule has 0 amide bonds. The van der Waals surface area contributed by atoms with Crippen LogP contribution < -0.4 is 4.72 Å². The summed E-state index contributed by atoms with van der Waals surface area (Å²) in [4.78, 5) is 7.45. The maximum Gasteiger partial charge on any atom is 0.229 e. The molecule has 0 spiro atoms. The summed E-state index contributed by atoms with van der Waals surface area (Å²) >= 11 is 0. The van der Waals surface area contributed by atoms with E-state index in [1.165, 1.54) is 6.20 Å². The van der Waals surface area contributed by atoms with E-state index in [1.807, 2.05) is 12.1 Å². The second kappa shape index (κ2) is 9.13. The number of anilines is 1. The third kappa shape index (κ3) is 9.21. The van der Waals surface area contributed by atoms with E-state index in [9.17, 15) is 8.42 Å². The van der Waals surface area contributed by atoms with Gasteiger partial charge < -0.3 is 4.98 Å². The number of pyridine rings is 2. The molecule has 0 atom stereocenters. The molecule has 0 aliphatic carbocycles. The molecule has 0 aliphatic heterocycles. The van der Waals surface area contributed by atoms with Gasteiger partial charge in [-0.25, -0.2) is 32.7 Å². The van der Waals surface area contributed by atoms with Gasteiger partial charge in [0.2, 0.25) is 10.0 Å². The predicted molar refractivity (Wildman–Crippen MR) is 64.6 cm³/mol. The fraction of sp³-hybridized carbons (Fsp3) is 0.0909. The van der Waals surface area contributed by atoms with Crippen molar-refractivity contribution in [3.05, 3.63) is 55.0 Å². The standard InChI is InChI=1S/C6H7N2O2S.C5H4N.Y/c1-11(9,10)8-6-4-2-3-5-7-6;1-2-4-6-5-3-1;/h2-3,5H,1H3,(H,7,8);1-2,4-5H;/q2*-1;. The Hall–Kier alpha value is -0.846. The normalized spacial score (nSPS) is 9.39. The first-order valence-electron chi connectivity index (χ1n) is 4.64. The minimum Gasteiger partial charge on any atom is -0.304 e. The van der Waals surface area contributed by atoms with Crippen LogP contribution in [-0.4, -0.2) is 24.6 Å². The van der Waals surface area contributed by atoms with E-state index in [2.05, 4.69) is 26.8 Å². The Morgan fingerprint density at radius 3 is 2.28 bits per heavy atom. The van der Waals surface area contributed by atoms with Gasteiger partial charge in [-0.05, 0) is 0 Å². The van der Waals surface area contributed by atoms with Gasteiger partial charge in [-0.15, -0.1) is 0 Å². The van der Waals surface area contributed by atoms with Gasteiger partial charge in [0.1, 0.15) is 0 Å². The molecule has 2 heterocycles. The number of nitrogens with zero attached hydrogens (tertiary/aromatic N) is 2. The zero-order chi connectivity index (χ0) is 12.6. The number of rotatable bonds is 2. The molecule has 5 nitrogen and oxygen atoms in total. The summed E-state index contributed by atoms with van der Waals surface area (Å²) in [5, 5.41) is 0. The summed E-state index contributed by atoms with van der Waals surface area (Å²) in [6, 6.07) is 12.3. The Morgan fingerprint density at radius 2 is 1.94 bits per heavy atom. The maximum atomic E-state index is 10.6. The zero-order valence-corrected chi connectivity index (χ0v) is 13.4. The van der Waals surface area contributed by atoms with Crippen molar-refractivity contribution >= 4 is 15.8 Å². The van der Waals surface area contributed by atoms with Crippen LogP contribution >= 0.6 is 0 Å². The van der Waals surface area contributed by atoms with Crippen LogP contribution in [0, 0.1) is 12.1 Å². The van der Waals surface area contributed by atoms with Crippen LogP contribution in [0.4, 0.5) is 5.82 Å². The maximum absolute atomic E-state index is 10.6. The Bertz CT molecular complexity index is 494. The molecule has 7 heteroatoms. The number of hydrogen-bond donors (Lipinski definition) is 1. The Kier molecular flexibility index (Phi) is 8.70. The molecule has 0 fully saturated rings. The van der Waals surface area contributed by atoms with Crippen LogP contribution in [0.15, 0.2) is 42.9 Å². The fourth-order valence-corrected chi connectivity index (χ4v) is 1.30. The third-order valence-corrected chi connectivity index (χ3v) is 1.97. The topological polar surface area (TPSA) is 72.0 Å². The zero-order valence-electron chi connectivity index (χ0n) is 9.74. The molecule has 18 heavy (non-hydrogen) atoms. The van der Waals surface area contributed by atoms with Gasteiger partial charge in [-0.3, -0.25) is 9.71 Å². The SMILES string of the molecule is CS(=O)(=O)Nc1[c-]cccn1.[Y].[c-]1cccnc1. The van der Waals surface area contributed by atoms with Crippen molar-refractivity contribution in [1.82, 2.24) is 9.97 Å². The molecule has 0 saturated heterocycles. The van der Waals surface area contributed by atoms with Crippen molar-refractivity contribution in [3.8, 4) is 0 Å². The largest absolute Gasteiger partial charge is 0.304 e. The fourth-order valence-electron chi connectivity index (χ4n) is 0.834. The first-order chi connectivity index (χ1) is 8.08. The first-order valence-corrected chi connectivity index (χ1v) is 6.53. The smallest absolute Gasteiger partial charge is 0.229 e. The molecule has 0 aromatic carbocycles. The van der Waals surface area contributed by atoms with Crippen molar-refractivity contribution in [3.63, 3.8) is 0 Å². The second-order valence-corrected chi connectivity index (χ2v) is 4.71. The monoisotopic (exact) mass is 338 g/mol. The number of hydrogen-bond acceptors (Lipinski definition) is 4. The van der Waals surface area contributed by atoms with Crippen molar-refractivity contribution in [1.29, 1.82) is 0 Å². The molecule has 1 radical (unpaired) electrons. The molecule has 1 N–H and O–H groups in total. The van der Waals surface area contributed by atoms with Gasteiger partial charge >= 0.3 is 0 Å². The molecule has 93 valence electrons. The van der Waals surface area contributed by atoms with Gasteiger partial charge in [0.25, 0.3) is 0 Å². The summed E-state index contributed by atoms with van der Waals surface area (Å²) < 4.78 is 23.4. The van der Waals surface area contributed by atoms with E-state index in [4.69, 9.17) is 0 Å². The average Bonchev–Trinajstić information content (AvgIpc) is 2.31. The summed E-state index contributed by atoms with van der Waals surface area (Å²) in [5.74, 6) is 0.218. The quantitative estimate of drug-likeness (QED) is 0.834. The van der Waals surface area contributed by atoms with Crippen LogP contribution in [0.2, 0.25) is 0 Å². The Morgan fingerprint density at radius 1 is 1.22 bits per heavy atom. The van der Waals surface area contributed by atoms with Crippen LogP contribution in [0.1, 0.15) is 0 Å². The molecule has 2 aromatic rings. The molecule has 0 saturated carbocycles. The van der Waals surface area contributed by atoms with E-state index >= 15 is 0 Å². The van der Waals surface area contributed by atoms with Crippen molar-refractivity contribution < 1.29 is 41.1 Å². The van der Waals surface area contributed by atoms with E-state index < -0.39 is 10.0 Å². The molecular weight excluding hydrogens is 327 g/mol. The van der Waals surface area contributed by atoms with Gasteiger partial charge in [-0.1, -0.05) is 18.6 Å². The van der Waals surface area contributed by atoms with Gasteiger partial charge in [0.15, 0.2) is 0 Å². The Balaban J connectivity index is 0.000000352. The second-order valence-electron chi connectivity index (χ2n) is 2.96. The molecular formula is C11H11N3O2SY-2. The van der Waals surface area contributed by atoms with Gasteiger partial charge in [0, 0.05) is 38.5 Å². The minimum absolute atomic E-state index is 0. The van der Waals surface area contributed by atoms with Crippen molar-refractivity contribution in [2.45, 2.75) is 0 Å². The van der Waals surface area contributed by atoms with E-state index in [-0.39, 0.29) is 38.5 Å². The minimum atomic E-state index is -3.22. The van der Waals surface area contributed by atoms with E-state index in [0.29, 0.717) is 0 Å². The van der Waals surface area contributed by atoms with E-state index in [0.717, 1.165) is 6.26 Å². The molecule has 2 aromatic heterocycles. The van der Waals surface area contributed by atoms with E-state index in [1.54, 1.807) is 24.5 Å². The van der Waals surface area contributed by atoms with Gasteiger partial charge in [0.05, 0.1) is 6.26 Å². The predicted octanol–water partition coefficient (Wildman–Crippen LogP) is 1.13. The molecule has 0 unspecified atom stereocenters. The average molecular weight is 338 g/mol. The number of nitrogens with one attached hydrogen (secondary N) is 1. The summed E-state index contributed by atoms with van der Waals surface area (Å²) in [7, 11) is -3.22. The van der Waals surface area contributed by atoms with Crippen LogP contribution in [0.25, 0.3) is 0 Å². The van der Waals surface area contributed by atoms with Crippen molar-refractivity contribution in [2.24, 2.45) is 0 Å². The summed E-state index contributed by atoms with van der Waals surface area (Å²) in [6.45, 7) is 0. The van der Waals surface area contributed by atoms with Crippen molar-refractivity contribution in [2.75, 3.05) is 11.0 Å². The summed E-state index contributed by atoms with van der Waals surface area (Å²) in [6.07, 6.45) is 5.90. The molecule has 0 aliphatic rings. The molecule has 2 rings (SSSR count). The Labute approximate surface area is 132 Å².